The van der Waals surface area contributed by atoms with Crippen LogP contribution in [0.1, 0.15) is 12.5 Å². The lowest BCUT2D eigenvalue weighted by Gasteiger charge is -2.07. The lowest BCUT2D eigenvalue weighted by atomic mass is 10.2. The predicted molar refractivity (Wildman–Crippen MR) is 66.3 cm³/mol. The second kappa shape index (κ2) is 7.21. The van der Waals surface area contributed by atoms with Crippen molar-refractivity contribution in [1.29, 1.82) is 0 Å². The number of rotatable bonds is 7. The lowest BCUT2D eigenvalue weighted by Crippen LogP contribution is -2.18. The Hall–Kier alpha value is -1.17. The van der Waals surface area contributed by atoms with Gasteiger partial charge >= 0.3 is 0 Å². The third-order valence-corrected chi connectivity index (χ3v) is 2.56. The van der Waals surface area contributed by atoms with Gasteiger partial charge in [0.05, 0.1) is 28.7 Å². The van der Waals surface area contributed by atoms with E-state index in [1.807, 2.05) is 6.92 Å². The molecule has 0 aliphatic carbocycles. The fraction of sp³-hybridized carbons (Fsp3) is 0.455. The third kappa shape index (κ3) is 4.30. The van der Waals surface area contributed by atoms with Gasteiger partial charge in [-0.2, -0.15) is 0 Å². The van der Waals surface area contributed by atoms with Crippen molar-refractivity contribution in [2.24, 2.45) is 0 Å². The number of likely N-dealkylation sites (N-methyl/N-ethyl adjacent to an activating group) is 1. The molecule has 0 atom stereocenters. The SMILES string of the molecule is CCNCCOCc1c(Cl)cccc1[N+](=O)[O-]. The van der Waals surface area contributed by atoms with Crippen molar-refractivity contribution in [3.8, 4) is 0 Å². The van der Waals surface area contributed by atoms with E-state index < -0.39 is 4.92 Å². The van der Waals surface area contributed by atoms with Crippen LogP contribution in [0.5, 0.6) is 0 Å². The minimum atomic E-state index is -0.450. The van der Waals surface area contributed by atoms with Crippen LogP contribution in [0.4, 0.5) is 5.69 Å². The smallest absolute Gasteiger partial charge is 0.276 e. The van der Waals surface area contributed by atoms with Gasteiger partial charge in [-0.1, -0.05) is 24.6 Å². The molecule has 0 radical (unpaired) electrons. The molecule has 0 fully saturated rings. The van der Waals surface area contributed by atoms with Crippen molar-refractivity contribution >= 4 is 17.3 Å². The number of nitrogens with zero attached hydrogens (tertiary/aromatic N) is 1. The molecule has 1 N–H and O–H groups in total. The summed E-state index contributed by atoms with van der Waals surface area (Å²) in [6, 6.07) is 4.61. The first kappa shape index (κ1) is 13.9. The number of hydrogen-bond donors (Lipinski definition) is 1. The second-order valence-electron chi connectivity index (χ2n) is 3.40. The van der Waals surface area contributed by atoms with Crippen LogP contribution in [-0.4, -0.2) is 24.6 Å². The summed E-state index contributed by atoms with van der Waals surface area (Å²) in [5, 5.41) is 14.2. The molecule has 0 saturated heterocycles. The van der Waals surface area contributed by atoms with E-state index in [0.29, 0.717) is 17.2 Å². The molecular weight excluding hydrogens is 244 g/mol. The highest BCUT2D eigenvalue weighted by molar-refractivity contribution is 6.31. The first-order valence-electron chi connectivity index (χ1n) is 5.37. The molecule has 94 valence electrons. The Bertz CT molecular complexity index is 385. The van der Waals surface area contributed by atoms with Crippen molar-refractivity contribution in [3.05, 3.63) is 38.9 Å². The zero-order chi connectivity index (χ0) is 12.7. The molecular formula is C11H15ClN2O3. The summed E-state index contributed by atoms with van der Waals surface area (Å²) < 4.78 is 5.34. The van der Waals surface area contributed by atoms with Crippen LogP contribution in [0, 0.1) is 10.1 Å². The molecule has 0 aromatic heterocycles. The molecule has 1 aromatic carbocycles. The summed E-state index contributed by atoms with van der Waals surface area (Å²) in [4.78, 5) is 10.3. The maximum Gasteiger partial charge on any atom is 0.276 e. The Balaban J connectivity index is 2.60. The van der Waals surface area contributed by atoms with Crippen LogP contribution in [-0.2, 0) is 11.3 Å². The van der Waals surface area contributed by atoms with E-state index in [4.69, 9.17) is 16.3 Å². The van der Waals surface area contributed by atoms with E-state index in [1.165, 1.54) is 6.07 Å². The van der Waals surface area contributed by atoms with E-state index in [-0.39, 0.29) is 12.3 Å². The number of nitro groups is 1. The first-order valence-corrected chi connectivity index (χ1v) is 5.74. The Labute approximate surface area is 105 Å². The summed E-state index contributed by atoms with van der Waals surface area (Å²) in [5.41, 5.74) is 0.427. The number of benzene rings is 1. The van der Waals surface area contributed by atoms with Gasteiger partial charge in [-0.15, -0.1) is 0 Å². The van der Waals surface area contributed by atoms with Crippen LogP contribution >= 0.6 is 11.6 Å². The summed E-state index contributed by atoms with van der Waals surface area (Å²) in [7, 11) is 0. The molecule has 0 aliphatic heterocycles. The van der Waals surface area contributed by atoms with Crippen molar-refractivity contribution in [2.45, 2.75) is 13.5 Å². The van der Waals surface area contributed by atoms with Crippen molar-refractivity contribution in [3.63, 3.8) is 0 Å². The number of nitro benzene ring substituents is 1. The molecule has 0 amide bonds. The van der Waals surface area contributed by atoms with Gasteiger partial charge in [-0.3, -0.25) is 10.1 Å². The Morgan fingerprint density at radius 3 is 2.94 bits per heavy atom. The topological polar surface area (TPSA) is 64.4 Å². The summed E-state index contributed by atoms with van der Waals surface area (Å²) >= 11 is 5.91. The van der Waals surface area contributed by atoms with E-state index in [2.05, 4.69) is 5.32 Å². The van der Waals surface area contributed by atoms with Crippen LogP contribution in [0.15, 0.2) is 18.2 Å². The average Bonchev–Trinajstić information content (AvgIpc) is 2.30. The van der Waals surface area contributed by atoms with Crippen LogP contribution in [0.2, 0.25) is 5.02 Å². The Morgan fingerprint density at radius 1 is 1.53 bits per heavy atom. The van der Waals surface area contributed by atoms with Gasteiger partial charge in [0.2, 0.25) is 0 Å². The zero-order valence-electron chi connectivity index (χ0n) is 9.61. The summed E-state index contributed by atoms with van der Waals surface area (Å²) in [6.45, 7) is 4.24. The minimum absolute atomic E-state index is 0.000880. The number of nitrogens with one attached hydrogen (secondary N) is 1. The molecule has 1 rings (SSSR count). The standard InChI is InChI=1S/C11H15ClN2O3/c1-2-13-6-7-17-8-9-10(12)4-3-5-11(9)14(15)16/h3-5,13H,2,6-8H2,1H3. The highest BCUT2D eigenvalue weighted by Crippen LogP contribution is 2.26. The molecule has 5 nitrogen and oxygen atoms in total. The van der Waals surface area contributed by atoms with E-state index in [0.717, 1.165) is 13.1 Å². The summed E-state index contributed by atoms with van der Waals surface area (Å²) in [6.07, 6.45) is 0. The van der Waals surface area contributed by atoms with Gasteiger partial charge < -0.3 is 10.1 Å². The largest absolute Gasteiger partial charge is 0.375 e. The molecule has 0 bridgehead atoms. The third-order valence-electron chi connectivity index (χ3n) is 2.21. The lowest BCUT2D eigenvalue weighted by molar-refractivity contribution is -0.385. The molecule has 0 unspecified atom stereocenters. The molecule has 0 spiro atoms. The minimum Gasteiger partial charge on any atom is -0.375 e. The number of ether oxygens (including phenoxy) is 1. The Kier molecular flexibility index (Phi) is 5.90. The van der Waals surface area contributed by atoms with E-state index >= 15 is 0 Å². The van der Waals surface area contributed by atoms with Crippen molar-refractivity contribution < 1.29 is 9.66 Å². The second-order valence-corrected chi connectivity index (χ2v) is 3.81. The molecule has 0 aliphatic rings. The molecule has 0 saturated carbocycles. The average molecular weight is 259 g/mol. The van der Waals surface area contributed by atoms with Crippen LogP contribution in [0.25, 0.3) is 0 Å². The monoisotopic (exact) mass is 258 g/mol. The molecule has 1 aromatic rings. The molecule has 6 heteroatoms. The fourth-order valence-corrected chi connectivity index (χ4v) is 1.58. The Morgan fingerprint density at radius 2 is 2.29 bits per heavy atom. The maximum absolute atomic E-state index is 10.8. The van der Waals surface area contributed by atoms with E-state index in [1.54, 1.807) is 12.1 Å². The van der Waals surface area contributed by atoms with Crippen molar-refractivity contribution in [2.75, 3.05) is 19.7 Å². The predicted octanol–water partition coefficient (Wildman–Crippen LogP) is 2.37. The zero-order valence-corrected chi connectivity index (χ0v) is 10.4. The van der Waals surface area contributed by atoms with Gasteiger partial charge in [-0.25, -0.2) is 0 Å². The molecule has 0 heterocycles. The van der Waals surface area contributed by atoms with E-state index in [9.17, 15) is 10.1 Å². The number of halogens is 1. The van der Waals surface area contributed by atoms with Crippen molar-refractivity contribution in [1.82, 2.24) is 5.32 Å². The van der Waals surface area contributed by atoms with Crippen LogP contribution in [0.3, 0.4) is 0 Å². The number of hydrogen-bond acceptors (Lipinski definition) is 4. The first-order chi connectivity index (χ1) is 8.16. The highest BCUT2D eigenvalue weighted by Gasteiger charge is 2.16. The maximum atomic E-state index is 10.8. The van der Waals surface area contributed by atoms with Gasteiger partial charge in [0.1, 0.15) is 0 Å². The highest BCUT2D eigenvalue weighted by atomic mass is 35.5. The normalized spacial score (nSPS) is 10.5. The fourth-order valence-electron chi connectivity index (χ4n) is 1.36. The van der Waals surface area contributed by atoms with Gasteiger partial charge in [0.25, 0.3) is 5.69 Å². The summed E-state index contributed by atoms with van der Waals surface area (Å²) in [5.74, 6) is 0. The van der Waals surface area contributed by atoms with Gasteiger partial charge in [-0.05, 0) is 12.6 Å². The molecule has 17 heavy (non-hydrogen) atoms. The van der Waals surface area contributed by atoms with Gasteiger partial charge in [0.15, 0.2) is 0 Å². The quantitative estimate of drug-likeness (QED) is 0.463. The van der Waals surface area contributed by atoms with Gasteiger partial charge in [0, 0.05) is 12.6 Å². The van der Waals surface area contributed by atoms with Crippen LogP contribution < -0.4 is 5.32 Å².